The zero-order valence-corrected chi connectivity index (χ0v) is 19.5. The minimum atomic E-state index is -1.38. The maximum Gasteiger partial charge on any atom is 0.256 e. The van der Waals surface area contributed by atoms with Crippen LogP contribution in [0.2, 0.25) is 0 Å². The van der Waals surface area contributed by atoms with Crippen molar-refractivity contribution in [3.05, 3.63) is 83.4 Å². The predicted molar refractivity (Wildman–Crippen MR) is 131 cm³/mol. The minimum absolute atomic E-state index is 0.0709. The number of piperazine rings is 1. The van der Waals surface area contributed by atoms with E-state index >= 15 is 0 Å². The van der Waals surface area contributed by atoms with Crippen molar-refractivity contribution in [3.8, 4) is 17.1 Å². The molecule has 1 aliphatic rings. The van der Waals surface area contributed by atoms with Crippen LogP contribution in [0.25, 0.3) is 22.3 Å². The highest BCUT2D eigenvalue weighted by atomic mass is 19.1. The summed E-state index contributed by atoms with van der Waals surface area (Å²) in [5.41, 5.74) is 1.85. The van der Waals surface area contributed by atoms with Gasteiger partial charge in [-0.15, -0.1) is 0 Å². The summed E-state index contributed by atoms with van der Waals surface area (Å²) in [5.74, 6) is -1.13. The van der Waals surface area contributed by atoms with E-state index in [4.69, 9.17) is 0 Å². The molecule has 0 radical (unpaired) electrons. The van der Waals surface area contributed by atoms with Gasteiger partial charge in [-0.05, 0) is 54.4 Å². The molecule has 0 aliphatic carbocycles. The minimum Gasteiger partial charge on any atom is -0.507 e. The van der Waals surface area contributed by atoms with Crippen LogP contribution in [0.1, 0.15) is 17.2 Å². The number of phenols is 1. The lowest BCUT2D eigenvalue weighted by atomic mass is 10.1. The highest BCUT2D eigenvalue weighted by Crippen LogP contribution is 2.34. The van der Waals surface area contributed by atoms with Crippen LogP contribution in [0.15, 0.2) is 60.7 Å². The van der Waals surface area contributed by atoms with Crippen molar-refractivity contribution < 1.29 is 23.8 Å². The van der Waals surface area contributed by atoms with Gasteiger partial charge >= 0.3 is 0 Å². The molecule has 1 saturated heterocycles. The normalized spacial score (nSPS) is 14.8. The zero-order chi connectivity index (χ0) is 25.4. The fourth-order valence-corrected chi connectivity index (χ4v) is 4.41. The van der Waals surface area contributed by atoms with E-state index in [1.165, 1.54) is 42.5 Å². The Bertz CT molecular complexity index is 1420. The Morgan fingerprint density at radius 3 is 2.39 bits per heavy atom. The third-order valence-electron chi connectivity index (χ3n) is 6.36. The quantitative estimate of drug-likeness (QED) is 0.450. The summed E-state index contributed by atoms with van der Waals surface area (Å²) in [6, 6.07) is 15.0. The summed E-state index contributed by atoms with van der Waals surface area (Å²) >= 11 is 0. The number of fused-ring (bicyclic) bond motifs is 1. The summed E-state index contributed by atoms with van der Waals surface area (Å²) in [6.07, 6.45) is -1.38. The van der Waals surface area contributed by atoms with Gasteiger partial charge in [0.1, 0.15) is 23.2 Å². The predicted octanol–water partition coefficient (Wildman–Crippen LogP) is 3.97. The Hall–Kier alpha value is -4.11. The van der Waals surface area contributed by atoms with Gasteiger partial charge in [-0.25, -0.2) is 18.7 Å². The number of carbonyl (C=O) groups excluding carboxylic acids is 1. The molecule has 1 atom stereocenters. The van der Waals surface area contributed by atoms with Crippen LogP contribution in [0, 0.1) is 18.6 Å². The number of benzene rings is 3. The SMILES string of the molecule is Cc1ccc2c(N3CCN(C(=O)C(O)c4ccc(F)cc4)CC3)nc(-c3c(O)cccc3F)nc2c1. The van der Waals surface area contributed by atoms with Crippen LogP contribution < -0.4 is 4.90 Å². The Balaban J connectivity index is 1.43. The lowest BCUT2D eigenvalue weighted by Gasteiger charge is -2.36. The number of rotatable bonds is 4. The van der Waals surface area contributed by atoms with Gasteiger partial charge in [0.05, 0.1) is 11.1 Å². The number of phenolic OH excluding ortho intramolecular Hbond substituents is 1. The molecule has 0 spiro atoms. The smallest absolute Gasteiger partial charge is 0.256 e. The van der Waals surface area contributed by atoms with E-state index in [9.17, 15) is 23.8 Å². The summed E-state index contributed by atoms with van der Waals surface area (Å²) < 4.78 is 27.8. The first kappa shape index (κ1) is 23.6. The van der Waals surface area contributed by atoms with Crippen molar-refractivity contribution in [2.24, 2.45) is 0 Å². The topological polar surface area (TPSA) is 89.8 Å². The molecular weight excluding hydrogens is 466 g/mol. The number of anilines is 1. The van der Waals surface area contributed by atoms with Crippen molar-refractivity contribution in [2.75, 3.05) is 31.1 Å². The van der Waals surface area contributed by atoms with E-state index in [0.29, 0.717) is 43.1 Å². The standard InChI is InChI=1S/C27H24F2N4O3/c1-16-5-10-19-21(15-16)30-25(23-20(29)3-2-4-22(23)34)31-26(19)32-11-13-33(14-12-32)27(36)24(35)17-6-8-18(28)9-7-17/h2-10,15,24,34-35H,11-14H2,1H3. The Morgan fingerprint density at radius 1 is 0.972 bits per heavy atom. The summed E-state index contributed by atoms with van der Waals surface area (Å²) in [6.45, 7) is 3.43. The molecule has 0 saturated carbocycles. The number of aliphatic hydroxyl groups is 1. The first-order valence-corrected chi connectivity index (χ1v) is 11.6. The average molecular weight is 491 g/mol. The second-order valence-corrected chi connectivity index (χ2v) is 8.79. The van der Waals surface area contributed by atoms with E-state index < -0.39 is 23.6 Å². The first-order chi connectivity index (χ1) is 17.3. The number of aromatic nitrogens is 2. The lowest BCUT2D eigenvalue weighted by molar-refractivity contribution is -0.140. The number of aromatic hydroxyl groups is 1. The number of amides is 1. The van der Waals surface area contributed by atoms with E-state index in [1.54, 1.807) is 4.90 Å². The Kier molecular flexibility index (Phi) is 6.24. The zero-order valence-electron chi connectivity index (χ0n) is 19.5. The summed E-state index contributed by atoms with van der Waals surface area (Å²) in [4.78, 5) is 25.6. The number of hydrogen-bond acceptors (Lipinski definition) is 6. The van der Waals surface area contributed by atoms with Gasteiger partial charge in [-0.1, -0.05) is 24.3 Å². The van der Waals surface area contributed by atoms with Crippen molar-refractivity contribution in [1.82, 2.24) is 14.9 Å². The van der Waals surface area contributed by atoms with Crippen LogP contribution in [0.3, 0.4) is 0 Å². The number of halogens is 2. The summed E-state index contributed by atoms with van der Waals surface area (Å²) in [7, 11) is 0. The highest BCUT2D eigenvalue weighted by molar-refractivity contribution is 5.92. The van der Waals surface area contributed by atoms with Crippen LogP contribution in [0.5, 0.6) is 5.75 Å². The molecule has 2 N–H and O–H groups in total. The number of carbonyl (C=O) groups is 1. The Labute approximate surface area is 206 Å². The molecule has 0 bridgehead atoms. The highest BCUT2D eigenvalue weighted by Gasteiger charge is 2.29. The molecule has 4 aromatic rings. The van der Waals surface area contributed by atoms with Gasteiger partial charge in [-0.3, -0.25) is 4.79 Å². The number of aliphatic hydroxyl groups excluding tert-OH is 1. The van der Waals surface area contributed by atoms with Crippen molar-refractivity contribution in [3.63, 3.8) is 0 Å². The monoisotopic (exact) mass is 490 g/mol. The molecule has 1 amide bonds. The van der Waals surface area contributed by atoms with Crippen molar-refractivity contribution in [1.29, 1.82) is 0 Å². The fourth-order valence-electron chi connectivity index (χ4n) is 4.41. The average Bonchev–Trinajstić information content (AvgIpc) is 2.87. The van der Waals surface area contributed by atoms with Crippen molar-refractivity contribution in [2.45, 2.75) is 13.0 Å². The largest absolute Gasteiger partial charge is 0.507 e. The fraction of sp³-hybridized carbons (Fsp3) is 0.222. The van der Waals surface area contributed by atoms with E-state index in [-0.39, 0.29) is 17.1 Å². The van der Waals surface area contributed by atoms with E-state index in [1.807, 2.05) is 30.0 Å². The molecule has 9 heteroatoms. The second kappa shape index (κ2) is 9.50. The lowest BCUT2D eigenvalue weighted by Crippen LogP contribution is -2.50. The van der Waals surface area contributed by atoms with Gasteiger partial charge in [0.15, 0.2) is 11.9 Å². The van der Waals surface area contributed by atoms with Crippen LogP contribution in [-0.2, 0) is 4.79 Å². The van der Waals surface area contributed by atoms with Gasteiger partial charge in [0.25, 0.3) is 5.91 Å². The third-order valence-corrected chi connectivity index (χ3v) is 6.36. The van der Waals surface area contributed by atoms with Crippen LogP contribution in [0.4, 0.5) is 14.6 Å². The molecule has 1 fully saturated rings. The molecule has 1 aromatic heterocycles. The maximum absolute atomic E-state index is 14.6. The van der Waals surface area contributed by atoms with Crippen LogP contribution in [-0.4, -0.2) is 57.2 Å². The van der Waals surface area contributed by atoms with Gasteiger partial charge in [0.2, 0.25) is 0 Å². The molecule has 1 unspecified atom stereocenters. The molecule has 36 heavy (non-hydrogen) atoms. The molecular formula is C27H24F2N4O3. The third kappa shape index (κ3) is 4.45. The molecule has 3 aromatic carbocycles. The maximum atomic E-state index is 14.6. The number of nitrogens with zero attached hydrogens (tertiary/aromatic N) is 4. The van der Waals surface area contributed by atoms with Gasteiger partial charge in [-0.2, -0.15) is 0 Å². The van der Waals surface area contributed by atoms with Crippen molar-refractivity contribution >= 4 is 22.6 Å². The first-order valence-electron chi connectivity index (χ1n) is 11.6. The summed E-state index contributed by atoms with van der Waals surface area (Å²) in [5, 5.41) is 21.6. The molecule has 5 rings (SSSR count). The van der Waals surface area contributed by atoms with E-state index in [0.717, 1.165) is 10.9 Å². The molecule has 1 aliphatic heterocycles. The molecule has 7 nitrogen and oxygen atoms in total. The Morgan fingerprint density at radius 2 is 1.69 bits per heavy atom. The van der Waals surface area contributed by atoms with Gasteiger partial charge in [0, 0.05) is 31.6 Å². The van der Waals surface area contributed by atoms with Gasteiger partial charge < -0.3 is 20.0 Å². The number of hydrogen-bond donors (Lipinski definition) is 2. The van der Waals surface area contributed by atoms with E-state index in [2.05, 4.69) is 9.97 Å². The number of aryl methyl sites for hydroxylation is 1. The molecule has 184 valence electrons. The molecule has 2 heterocycles. The van der Waals surface area contributed by atoms with Crippen LogP contribution >= 0.6 is 0 Å². The second-order valence-electron chi connectivity index (χ2n) is 8.79.